The van der Waals surface area contributed by atoms with Crippen molar-refractivity contribution in [2.75, 3.05) is 35.2 Å². The van der Waals surface area contributed by atoms with Gasteiger partial charge in [-0.3, -0.25) is 5.43 Å². The molecule has 0 saturated carbocycles. The molecule has 0 bridgehead atoms. The highest BCUT2D eigenvalue weighted by Gasteiger charge is 2.04. The summed E-state index contributed by atoms with van der Waals surface area (Å²) >= 11 is 17.4. The molecule has 1 aromatic carbocycles. The topological polar surface area (TPSA) is 53.4 Å². The molecule has 0 saturated heterocycles. The molecular weight excluding hydrogens is 357 g/mol. The number of nitrogens with one attached hydrogen (secondary N) is 1. The second-order valence-electron chi connectivity index (χ2n) is 4.55. The second kappa shape index (κ2) is 9.55. The van der Waals surface area contributed by atoms with Gasteiger partial charge in [0.25, 0.3) is 0 Å². The van der Waals surface area contributed by atoms with Gasteiger partial charge in [-0.15, -0.1) is 23.2 Å². The van der Waals surface area contributed by atoms with Crippen LogP contribution in [0.1, 0.15) is 5.56 Å². The molecule has 1 aromatic heterocycles. The van der Waals surface area contributed by atoms with Gasteiger partial charge in [-0.25, -0.2) is 9.97 Å². The molecule has 1 N–H and O–H groups in total. The van der Waals surface area contributed by atoms with Gasteiger partial charge in [0.1, 0.15) is 11.5 Å². The summed E-state index contributed by atoms with van der Waals surface area (Å²) in [6, 6.07) is 9.58. The fourth-order valence-electron chi connectivity index (χ4n) is 1.91. The van der Waals surface area contributed by atoms with Crippen molar-refractivity contribution >= 4 is 52.5 Å². The van der Waals surface area contributed by atoms with Crippen molar-refractivity contribution in [2.24, 2.45) is 5.10 Å². The number of nitrogens with zero attached hydrogens (tertiary/aromatic N) is 4. The van der Waals surface area contributed by atoms with Gasteiger partial charge in [0.2, 0.25) is 0 Å². The van der Waals surface area contributed by atoms with E-state index in [1.165, 1.54) is 6.33 Å². The Balaban J connectivity index is 1.97. The maximum Gasteiger partial charge on any atom is 0.151 e. The smallest absolute Gasteiger partial charge is 0.151 e. The van der Waals surface area contributed by atoms with Crippen molar-refractivity contribution in [1.82, 2.24) is 9.97 Å². The fraction of sp³-hybridized carbons (Fsp3) is 0.267. The lowest BCUT2D eigenvalue weighted by Gasteiger charge is -2.22. The second-order valence-corrected chi connectivity index (χ2v) is 5.70. The summed E-state index contributed by atoms with van der Waals surface area (Å²) in [6.07, 6.45) is 3.07. The molecule has 5 nitrogen and oxygen atoms in total. The lowest BCUT2D eigenvalue weighted by molar-refractivity contribution is 0.874. The number of aromatic nitrogens is 2. The van der Waals surface area contributed by atoms with E-state index in [1.807, 2.05) is 24.3 Å². The number of anilines is 2. The molecule has 0 fully saturated rings. The van der Waals surface area contributed by atoms with Gasteiger partial charge in [-0.05, 0) is 17.7 Å². The molecule has 0 aliphatic rings. The number of hydrazone groups is 1. The molecule has 8 heteroatoms. The Morgan fingerprint density at radius 1 is 1.09 bits per heavy atom. The molecule has 0 unspecified atom stereocenters. The first-order chi connectivity index (χ1) is 11.2. The first-order valence-electron chi connectivity index (χ1n) is 6.96. The van der Waals surface area contributed by atoms with E-state index in [0.29, 0.717) is 22.7 Å². The van der Waals surface area contributed by atoms with E-state index in [4.69, 9.17) is 34.8 Å². The zero-order chi connectivity index (χ0) is 16.5. The third-order valence-electron chi connectivity index (χ3n) is 2.99. The predicted molar refractivity (Wildman–Crippen MR) is 98.4 cm³/mol. The zero-order valence-corrected chi connectivity index (χ0v) is 14.6. The Morgan fingerprint density at radius 3 is 2.39 bits per heavy atom. The number of halogens is 3. The minimum Gasteiger partial charge on any atom is -0.369 e. The number of benzene rings is 1. The maximum absolute atomic E-state index is 5.82. The standard InChI is InChI=1S/C15H16Cl3N5/c16-5-7-23(8-6-17)13-3-1-12(2-4-13)10-21-22-15-9-14(18)19-11-20-15/h1-4,9-11H,5-8H2,(H,19,20,22)/b21-10+. The van der Waals surface area contributed by atoms with Crippen molar-refractivity contribution in [3.05, 3.63) is 47.4 Å². The number of hydrogen-bond donors (Lipinski definition) is 1. The van der Waals surface area contributed by atoms with Gasteiger partial charge < -0.3 is 4.90 Å². The van der Waals surface area contributed by atoms with Crippen molar-refractivity contribution in [3.63, 3.8) is 0 Å². The van der Waals surface area contributed by atoms with Gasteiger partial charge in [0.15, 0.2) is 5.82 Å². The quantitative estimate of drug-likeness (QED) is 0.331. The Hall–Kier alpha value is -1.56. The van der Waals surface area contributed by atoms with Crippen molar-refractivity contribution in [2.45, 2.75) is 0 Å². The van der Waals surface area contributed by atoms with E-state index >= 15 is 0 Å². The average molecular weight is 373 g/mol. The molecule has 0 spiro atoms. The Kier molecular flexibility index (Phi) is 7.39. The average Bonchev–Trinajstić information content (AvgIpc) is 2.55. The van der Waals surface area contributed by atoms with Crippen LogP contribution in [-0.4, -0.2) is 41.0 Å². The maximum atomic E-state index is 5.82. The SMILES string of the molecule is ClCCN(CCCl)c1ccc(/C=N/Nc2cc(Cl)ncn2)cc1. The summed E-state index contributed by atoms with van der Waals surface area (Å²) in [4.78, 5) is 9.94. The zero-order valence-electron chi connectivity index (χ0n) is 12.3. The number of rotatable bonds is 8. The molecule has 122 valence electrons. The normalized spacial score (nSPS) is 10.9. The minimum absolute atomic E-state index is 0.362. The highest BCUT2D eigenvalue weighted by molar-refractivity contribution is 6.29. The van der Waals surface area contributed by atoms with Gasteiger partial charge in [-0.2, -0.15) is 5.10 Å². The molecule has 0 radical (unpaired) electrons. The van der Waals surface area contributed by atoms with Crippen LogP contribution in [0.4, 0.5) is 11.5 Å². The van der Waals surface area contributed by atoms with Gasteiger partial charge in [-0.1, -0.05) is 23.7 Å². The van der Waals surface area contributed by atoms with Crippen molar-refractivity contribution < 1.29 is 0 Å². The molecule has 23 heavy (non-hydrogen) atoms. The highest BCUT2D eigenvalue weighted by atomic mass is 35.5. The summed E-state index contributed by atoms with van der Waals surface area (Å²) in [7, 11) is 0. The van der Waals surface area contributed by atoms with E-state index in [1.54, 1.807) is 12.3 Å². The van der Waals surface area contributed by atoms with Crippen LogP contribution in [0.15, 0.2) is 41.8 Å². The van der Waals surface area contributed by atoms with Crippen LogP contribution in [0.25, 0.3) is 0 Å². The summed E-state index contributed by atoms with van der Waals surface area (Å²) in [5, 5.41) is 4.48. The molecule has 2 rings (SSSR count). The largest absolute Gasteiger partial charge is 0.369 e. The molecule has 0 atom stereocenters. The monoisotopic (exact) mass is 371 g/mol. The van der Waals surface area contributed by atoms with Crippen LogP contribution < -0.4 is 10.3 Å². The van der Waals surface area contributed by atoms with Crippen LogP contribution in [0.2, 0.25) is 5.15 Å². The minimum atomic E-state index is 0.362. The molecule has 0 amide bonds. The van der Waals surface area contributed by atoms with E-state index in [9.17, 15) is 0 Å². The van der Waals surface area contributed by atoms with Crippen LogP contribution in [0.3, 0.4) is 0 Å². The fourth-order valence-corrected chi connectivity index (χ4v) is 2.47. The highest BCUT2D eigenvalue weighted by Crippen LogP contribution is 2.15. The van der Waals surface area contributed by atoms with Crippen molar-refractivity contribution in [3.8, 4) is 0 Å². The van der Waals surface area contributed by atoms with Crippen LogP contribution >= 0.6 is 34.8 Å². The lowest BCUT2D eigenvalue weighted by Crippen LogP contribution is -2.27. The number of alkyl halides is 2. The van der Waals surface area contributed by atoms with Gasteiger partial charge >= 0.3 is 0 Å². The molecule has 0 aliphatic carbocycles. The molecule has 1 heterocycles. The Bertz CT molecular complexity index is 627. The first kappa shape index (κ1) is 17.8. The first-order valence-corrected chi connectivity index (χ1v) is 8.41. The van der Waals surface area contributed by atoms with Crippen LogP contribution in [0, 0.1) is 0 Å². The molecular formula is C15H16Cl3N5. The Morgan fingerprint density at radius 2 is 1.78 bits per heavy atom. The lowest BCUT2D eigenvalue weighted by atomic mass is 10.2. The predicted octanol–water partition coefficient (Wildman–Crippen LogP) is 3.86. The summed E-state index contributed by atoms with van der Waals surface area (Å²) < 4.78 is 0. The summed E-state index contributed by atoms with van der Waals surface area (Å²) in [5.41, 5.74) is 4.84. The van der Waals surface area contributed by atoms with E-state index < -0.39 is 0 Å². The van der Waals surface area contributed by atoms with Gasteiger partial charge in [0.05, 0.1) is 6.21 Å². The van der Waals surface area contributed by atoms with E-state index in [0.717, 1.165) is 24.3 Å². The van der Waals surface area contributed by atoms with E-state index in [-0.39, 0.29) is 0 Å². The molecule has 0 aliphatic heterocycles. The summed E-state index contributed by atoms with van der Waals surface area (Å²) in [5.74, 6) is 1.66. The van der Waals surface area contributed by atoms with Crippen LogP contribution in [-0.2, 0) is 0 Å². The van der Waals surface area contributed by atoms with E-state index in [2.05, 4.69) is 25.4 Å². The van der Waals surface area contributed by atoms with Gasteiger partial charge in [0, 0.05) is 36.6 Å². The summed E-state index contributed by atoms with van der Waals surface area (Å²) in [6.45, 7) is 1.52. The van der Waals surface area contributed by atoms with Crippen LogP contribution in [0.5, 0.6) is 0 Å². The third kappa shape index (κ3) is 5.86. The number of hydrogen-bond acceptors (Lipinski definition) is 5. The molecule has 2 aromatic rings. The third-order valence-corrected chi connectivity index (χ3v) is 3.54. The Labute approximate surface area is 150 Å². The van der Waals surface area contributed by atoms with Crippen molar-refractivity contribution in [1.29, 1.82) is 0 Å².